The number of anilines is 1. The van der Waals surface area contributed by atoms with Gasteiger partial charge < -0.3 is 4.74 Å². The number of benzene rings is 1. The maximum absolute atomic E-state index is 12.6. The third kappa shape index (κ3) is 4.49. The molecule has 2 amide bonds. The minimum atomic E-state index is -0.550. The molecule has 0 aromatic heterocycles. The molecule has 0 spiro atoms. The fraction of sp³-hybridized carbons (Fsp3) is 0.579. The van der Waals surface area contributed by atoms with Crippen molar-refractivity contribution in [2.45, 2.75) is 65.1 Å². The highest BCUT2D eigenvalue weighted by Gasteiger charge is 2.36. The van der Waals surface area contributed by atoms with Crippen LogP contribution in [0.2, 0.25) is 0 Å². The molecule has 1 aliphatic heterocycles. The number of ether oxygens (including phenoxy) is 1. The first-order valence-electron chi connectivity index (χ1n) is 8.70. The average molecular weight is 332 g/mol. The van der Waals surface area contributed by atoms with Gasteiger partial charge in [0, 0.05) is 18.7 Å². The van der Waals surface area contributed by atoms with Crippen LogP contribution in [0, 0.1) is 0 Å². The van der Waals surface area contributed by atoms with Gasteiger partial charge in [-0.3, -0.25) is 14.6 Å². The summed E-state index contributed by atoms with van der Waals surface area (Å²) in [5.41, 5.74) is 0.274. The number of carbonyl (C=O) groups is 2. The van der Waals surface area contributed by atoms with Gasteiger partial charge in [-0.1, -0.05) is 25.1 Å². The molecule has 24 heavy (non-hydrogen) atoms. The average Bonchev–Trinajstić information content (AvgIpc) is 2.54. The molecule has 5 nitrogen and oxygen atoms in total. The molecule has 0 bridgehead atoms. The van der Waals surface area contributed by atoms with Gasteiger partial charge in [0.15, 0.2) is 0 Å². The second-order valence-corrected chi connectivity index (χ2v) is 7.10. The molecular weight excluding hydrogens is 304 g/mol. The highest BCUT2D eigenvalue weighted by atomic mass is 16.6. The molecule has 1 heterocycles. The molecule has 0 radical (unpaired) electrons. The van der Waals surface area contributed by atoms with Crippen LogP contribution in [0.15, 0.2) is 30.3 Å². The van der Waals surface area contributed by atoms with Gasteiger partial charge in [-0.15, -0.1) is 0 Å². The minimum Gasteiger partial charge on any atom is -0.444 e. The zero-order valence-electron chi connectivity index (χ0n) is 15.1. The van der Waals surface area contributed by atoms with E-state index in [9.17, 15) is 9.59 Å². The van der Waals surface area contributed by atoms with Gasteiger partial charge in [-0.25, -0.2) is 4.79 Å². The number of piperidine rings is 1. The highest BCUT2D eigenvalue weighted by Crippen LogP contribution is 2.28. The summed E-state index contributed by atoms with van der Waals surface area (Å²) < 4.78 is 5.56. The zero-order chi connectivity index (χ0) is 17.7. The Kier molecular flexibility index (Phi) is 5.86. The van der Waals surface area contributed by atoms with Gasteiger partial charge in [-0.05, 0) is 52.2 Å². The van der Waals surface area contributed by atoms with E-state index in [0.29, 0.717) is 13.0 Å². The SMILES string of the molecule is CCC(=O)N(c1ccccc1)[C@@H]1CCCCN1C(=O)OC(C)(C)C. The molecule has 0 saturated carbocycles. The Balaban J connectivity index is 2.31. The zero-order valence-corrected chi connectivity index (χ0v) is 15.1. The van der Waals surface area contributed by atoms with Crippen LogP contribution >= 0.6 is 0 Å². The minimum absolute atomic E-state index is 0.0154. The van der Waals surface area contributed by atoms with Crippen molar-refractivity contribution in [2.24, 2.45) is 0 Å². The Hall–Kier alpha value is -2.04. The molecule has 0 N–H and O–H groups in total. The van der Waals surface area contributed by atoms with Crippen LogP contribution in [0.1, 0.15) is 53.4 Å². The lowest BCUT2D eigenvalue weighted by Crippen LogP contribution is -2.56. The van der Waals surface area contributed by atoms with E-state index in [0.717, 1.165) is 24.9 Å². The topological polar surface area (TPSA) is 49.9 Å². The van der Waals surface area contributed by atoms with Crippen LogP contribution in [0.25, 0.3) is 0 Å². The third-order valence-corrected chi connectivity index (χ3v) is 4.00. The van der Waals surface area contributed by atoms with Crippen LogP contribution in [0.5, 0.6) is 0 Å². The first kappa shape index (κ1) is 18.3. The first-order valence-corrected chi connectivity index (χ1v) is 8.70. The predicted molar refractivity (Wildman–Crippen MR) is 94.8 cm³/mol. The fourth-order valence-electron chi connectivity index (χ4n) is 2.96. The number of para-hydroxylation sites is 1. The molecule has 1 aromatic rings. The van der Waals surface area contributed by atoms with Gasteiger partial charge in [0.1, 0.15) is 11.8 Å². The largest absolute Gasteiger partial charge is 0.444 e. The monoisotopic (exact) mass is 332 g/mol. The second kappa shape index (κ2) is 7.69. The summed E-state index contributed by atoms with van der Waals surface area (Å²) in [7, 11) is 0. The molecule has 0 aliphatic carbocycles. The molecule has 1 fully saturated rings. The summed E-state index contributed by atoms with van der Waals surface area (Å²) in [6, 6.07) is 9.56. The van der Waals surface area contributed by atoms with Crippen molar-refractivity contribution in [3.05, 3.63) is 30.3 Å². The fourth-order valence-corrected chi connectivity index (χ4v) is 2.96. The smallest absolute Gasteiger partial charge is 0.411 e. The molecule has 5 heteroatoms. The molecule has 2 rings (SSSR count). The first-order chi connectivity index (χ1) is 11.3. The Bertz CT molecular complexity index is 566. The summed E-state index contributed by atoms with van der Waals surface area (Å²) in [5.74, 6) is 0.0154. The van der Waals surface area contributed by atoms with Crippen LogP contribution in [0.4, 0.5) is 10.5 Å². The van der Waals surface area contributed by atoms with Gasteiger partial charge in [0.05, 0.1) is 0 Å². The van der Waals surface area contributed by atoms with E-state index >= 15 is 0 Å². The Morgan fingerprint density at radius 1 is 1.21 bits per heavy atom. The molecule has 1 saturated heterocycles. The molecule has 0 unspecified atom stereocenters. The number of hydrogen-bond donors (Lipinski definition) is 0. The van der Waals surface area contributed by atoms with Crippen LogP contribution in [-0.4, -0.2) is 35.2 Å². The van der Waals surface area contributed by atoms with E-state index in [2.05, 4.69) is 0 Å². The Morgan fingerprint density at radius 2 is 1.88 bits per heavy atom. The lowest BCUT2D eigenvalue weighted by Gasteiger charge is -2.42. The maximum atomic E-state index is 12.6. The van der Waals surface area contributed by atoms with E-state index in [4.69, 9.17) is 4.74 Å². The van der Waals surface area contributed by atoms with Crippen molar-refractivity contribution in [3.63, 3.8) is 0 Å². The van der Waals surface area contributed by atoms with E-state index in [1.807, 2.05) is 58.0 Å². The van der Waals surface area contributed by atoms with Gasteiger partial charge in [0.25, 0.3) is 0 Å². The van der Waals surface area contributed by atoms with Crippen molar-refractivity contribution < 1.29 is 14.3 Å². The maximum Gasteiger partial charge on any atom is 0.411 e. The standard InChI is InChI=1S/C19H28N2O3/c1-5-17(22)21(15-11-7-6-8-12-15)16-13-9-10-14-20(16)18(23)24-19(2,3)4/h6-8,11-12,16H,5,9-10,13-14H2,1-4H3/t16-/m1/s1. The van der Waals surface area contributed by atoms with Gasteiger partial charge in [-0.2, -0.15) is 0 Å². The summed E-state index contributed by atoms with van der Waals surface area (Å²) in [4.78, 5) is 28.7. The Labute approximate surface area is 144 Å². The third-order valence-electron chi connectivity index (χ3n) is 4.00. The predicted octanol–water partition coefficient (Wildman–Crippen LogP) is 4.18. The summed E-state index contributed by atoms with van der Waals surface area (Å²) in [6.07, 6.45) is 2.44. The van der Waals surface area contributed by atoms with Crippen molar-refractivity contribution >= 4 is 17.7 Å². The number of rotatable bonds is 3. The molecule has 1 aliphatic rings. The van der Waals surface area contributed by atoms with Crippen molar-refractivity contribution in [3.8, 4) is 0 Å². The highest BCUT2D eigenvalue weighted by molar-refractivity contribution is 5.94. The number of likely N-dealkylation sites (tertiary alicyclic amines) is 1. The van der Waals surface area contributed by atoms with E-state index in [-0.39, 0.29) is 18.2 Å². The normalized spacial score (nSPS) is 18.2. The molecule has 132 valence electrons. The lowest BCUT2D eigenvalue weighted by molar-refractivity contribution is -0.119. The van der Waals surface area contributed by atoms with Crippen LogP contribution < -0.4 is 4.90 Å². The van der Waals surface area contributed by atoms with Crippen molar-refractivity contribution in [1.82, 2.24) is 4.90 Å². The Morgan fingerprint density at radius 3 is 2.46 bits per heavy atom. The van der Waals surface area contributed by atoms with Crippen molar-refractivity contribution in [2.75, 3.05) is 11.4 Å². The second-order valence-electron chi connectivity index (χ2n) is 7.10. The number of carbonyl (C=O) groups excluding carboxylic acids is 2. The number of amides is 2. The van der Waals surface area contributed by atoms with Crippen LogP contribution in [0.3, 0.4) is 0 Å². The van der Waals surface area contributed by atoms with E-state index in [1.54, 1.807) is 9.80 Å². The number of nitrogens with zero attached hydrogens (tertiary/aromatic N) is 2. The summed E-state index contributed by atoms with van der Waals surface area (Å²) >= 11 is 0. The lowest BCUT2D eigenvalue weighted by atomic mass is 10.1. The number of hydrogen-bond acceptors (Lipinski definition) is 3. The van der Waals surface area contributed by atoms with Crippen LogP contribution in [-0.2, 0) is 9.53 Å². The van der Waals surface area contributed by atoms with Gasteiger partial charge >= 0.3 is 6.09 Å². The molecule has 1 atom stereocenters. The molecule has 1 aromatic carbocycles. The molecular formula is C19H28N2O3. The van der Waals surface area contributed by atoms with E-state index < -0.39 is 5.60 Å². The van der Waals surface area contributed by atoms with E-state index in [1.165, 1.54) is 0 Å². The van der Waals surface area contributed by atoms with Crippen molar-refractivity contribution in [1.29, 1.82) is 0 Å². The van der Waals surface area contributed by atoms with Gasteiger partial charge in [0.2, 0.25) is 5.91 Å². The quantitative estimate of drug-likeness (QED) is 0.834. The summed E-state index contributed by atoms with van der Waals surface area (Å²) in [6.45, 7) is 8.03. The summed E-state index contributed by atoms with van der Waals surface area (Å²) in [5, 5.41) is 0.